The second-order valence-electron chi connectivity index (χ2n) is 3.94. The normalized spacial score (nSPS) is 14.2. The number of benzene rings is 1. The Morgan fingerprint density at radius 1 is 1.15 bits per heavy atom. The smallest absolute Gasteiger partial charge is 0.193 e. The van der Waals surface area contributed by atoms with Gasteiger partial charge in [0.25, 0.3) is 0 Å². The average molecular weight is 194 g/mol. The molecule has 1 nitrogen and oxygen atoms in total. The van der Waals surface area contributed by atoms with Gasteiger partial charge in [0.2, 0.25) is 0 Å². The van der Waals surface area contributed by atoms with Gasteiger partial charge in [-0.05, 0) is 24.2 Å². The molecule has 0 bridgehead atoms. The highest BCUT2D eigenvalue weighted by Crippen LogP contribution is 2.26. The highest BCUT2D eigenvalue weighted by Gasteiger charge is 2.29. The highest BCUT2D eigenvalue weighted by atomic mass is 28.4. The van der Waals surface area contributed by atoms with Crippen molar-refractivity contribution in [1.29, 1.82) is 0 Å². The van der Waals surface area contributed by atoms with Crippen molar-refractivity contribution in [3.8, 4) is 0 Å². The van der Waals surface area contributed by atoms with Crippen molar-refractivity contribution < 1.29 is 4.43 Å². The van der Waals surface area contributed by atoms with Crippen LogP contribution >= 0.6 is 0 Å². The molecule has 72 valence electrons. The van der Waals surface area contributed by atoms with Crippen LogP contribution in [0.4, 0.5) is 0 Å². The molecule has 2 heteroatoms. The monoisotopic (exact) mass is 194 g/mol. The highest BCUT2D eigenvalue weighted by molar-refractivity contribution is 6.72. The molecule has 0 heterocycles. The van der Waals surface area contributed by atoms with Crippen LogP contribution in [0.1, 0.15) is 18.0 Å². The fourth-order valence-electron chi connectivity index (χ4n) is 1.32. The number of hydrogen-bond donors (Lipinski definition) is 0. The Morgan fingerprint density at radius 2 is 1.69 bits per heavy atom. The minimum Gasteiger partial charge on any atom is -0.420 e. The van der Waals surface area contributed by atoms with E-state index >= 15 is 0 Å². The Bertz CT molecular complexity index is 256. The van der Waals surface area contributed by atoms with Crippen molar-refractivity contribution in [1.82, 2.24) is 0 Å². The second kappa shape index (κ2) is 4.07. The van der Waals surface area contributed by atoms with Gasteiger partial charge in [-0.3, -0.25) is 0 Å². The van der Waals surface area contributed by atoms with Crippen LogP contribution in [0.25, 0.3) is 0 Å². The molecule has 0 N–H and O–H groups in total. The lowest BCUT2D eigenvalue weighted by Crippen LogP contribution is -2.35. The third-order valence-corrected chi connectivity index (χ3v) is 6.34. The predicted molar refractivity (Wildman–Crippen MR) is 59.3 cm³/mol. The van der Waals surface area contributed by atoms with E-state index in [0.29, 0.717) is 5.54 Å². The fourth-order valence-corrected chi connectivity index (χ4v) is 2.67. The Hall–Kier alpha value is -0.603. The molecule has 1 aromatic carbocycles. The SMILES string of the molecule is CO[Si](C)(C)C(C)c1ccccc1. The third kappa shape index (κ3) is 2.42. The summed E-state index contributed by atoms with van der Waals surface area (Å²) in [5.74, 6) is 0. The van der Waals surface area contributed by atoms with Crippen LogP contribution in [0.2, 0.25) is 13.1 Å². The van der Waals surface area contributed by atoms with Gasteiger partial charge in [0.1, 0.15) is 0 Å². The Kier molecular flexibility index (Phi) is 3.28. The zero-order valence-corrected chi connectivity index (χ0v) is 9.87. The van der Waals surface area contributed by atoms with E-state index in [4.69, 9.17) is 4.43 Å². The molecule has 0 saturated heterocycles. The molecule has 0 radical (unpaired) electrons. The summed E-state index contributed by atoms with van der Waals surface area (Å²) < 4.78 is 5.59. The van der Waals surface area contributed by atoms with E-state index in [1.165, 1.54) is 5.56 Å². The van der Waals surface area contributed by atoms with Gasteiger partial charge in [0.15, 0.2) is 8.32 Å². The van der Waals surface area contributed by atoms with Crippen molar-refractivity contribution in [2.24, 2.45) is 0 Å². The van der Waals surface area contributed by atoms with Gasteiger partial charge < -0.3 is 4.43 Å². The molecule has 0 spiro atoms. The zero-order chi connectivity index (χ0) is 9.90. The molecule has 1 unspecified atom stereocenters. The molecule has 0 amide bonds. The molecule has 1 aromatic rings. The van der Waals surface area contributed by atoms with E-state index < -0.39 is 8.32 Å². The van der Waals surface area contributed by atoms with Gasteiger partial charge in [-0.15, -0.1) is 0 Å². The van der Waals surface area contributed by atoms with E-state index in [9.17, 15) is 0 Å². The average Bonchev–Trinajstić information content (AvgIpc) is 2.18. The second-order valence-corrected chi connectivity index (χ2v) is 8.42. The first kappa shape index (κ1) is 10.5. The maximum absolute atomic E-state index is 5.59. The molecule has 0 aliphatic heterocycles. The molecule has 0 fully saturated rings. The fraction of sp³-hybridized carbons (Fsp3) is 0.455. The van der Waals surface area contributed by atoms with Crippen molar-refractivity contribution in [2.75, 3.05) is 7.11 Å². The van der Waals surface area contributed by atoms with E-state index in [1.54, 1.807) is 0 Å². The van der Waals surface area contributed by atoms with Crippen LogP contribution in [-0.4, -0.2) is 15.4 Å². The quantitative estimate of drug-likeness (QED) is 0.672. The van der Waals surface area contributed by atoms with Crippen molar-refractivity contribution in [3.05, 3.63) is 35.9 Å². The first-order chi connectivity index (χ1) is 6.08. The lowest BCUT2D eigenvalue weighted by atomic mass is 10.2. The van der Waals surface area contributed by atoms with Crippen molar-refractivity contribution in [2.45, 2.75) is 25.6 Å². The molecule has 0 saturated carbocycles. The molecule has 1 atom stereocenters. The van der Waals surface area contributed by atoms with Crippen LogP contribution in [0.5, 0.6) is 0 Å². The number of rotatable bonds is 3. The summed E-state index contributed by atoms with van der Waals surface area (Å²) in [6.07, 6.45) is 0. The summed E-state index contributed by atoms with van der Waals surface area (Å²) in [6.45, 7) is 6.76. The van der Waals surface area contributed by atoms with Gasteiger partial charge in [-0.2, -0.15) is 0 Å². The molecular formula is C11H18OSi. The van der Waals surface area contributed by atoms with Crippen LogP contribution < -0.4 is 0 Å². The molecule has 0 aliphatic rings. The van der Waals surface area contributed by atoms with E-state index in [2.05, 4.69) is 50.3 Å². The van der Waals surface area contributed by atoms with E-state index in [-0.39, 0.29) is 0 Å². The summed E-state index contributed by atoms with van der Waals surface area (Å²) in [5.41, 5.74) is 1.94. The van der Waals surface area contributed by atoms with Gasteiger partial charge in [-0.25, -0.2) is 0 Å². The van der Waals surface area contributed by atoms with Gasteiger partial charge in [-0.1, -0.05) is 37.3 Å². The summed E-state index contributed by atoms with van der Waals surface area (Å²) >= 11 is 0. The van der Waals surface area contributed by atoms with Gasteiger partial charge in [0, 0.05) is 7.11 Å². The van der Waals surface area contributed by atoms with Crippen LogP contribution in [0.3, 0.4) is 0 Å². The molecule has 1 rings (SSSR count). The third-order valence-electron chi connectivity index (χ3n) is 2.87. The first-order valence-corrected chi connectivity index (χ1v) is 7.66. The van der Waals surface area contributed by atoms with Gasteiger partial charge in [0.05, 0.1) is 0 Å². The standard InChI is InChI=1S/C11H18OSi/c1-10(13(3,4)12-2)11-8-6-5-7-9-11/h5-10H,1-4H3. The van der Waals surface area contributed by atoms with E-state index in [1.807, 2.05) is 7.11 Å². The van der Waals surface area contributed by atoms with E-state index in [0.717, 1.165) is 0 Å². The first-order valence-electron chi connectivity index (χ1n) is 4.68. The van der Waals surface area contributed by atoms with Crippen LogP contribution in [0, 0.1) is 0 Å². The largest absolute Gasteiger partial charge is 0.420 e. The van der Waals surface area contributed by atoms with Gasteiger partial charge >= 0.3 is 0 Å². The summed E-state index contributed by atoms with van der Waals surface area (Å²) in [5, 5.41) is 0. The predicted octanol–water partition coefficient (Wildman–Crippen LogP) is 3.18. The zero-order valence-electron chi connectivity index (χ0n) is 8.87. The lowest BCUT2D eigenvalue weighted by Gasteiger charge is -2.27. The summed E-state index contributed by atoms with van der Waals surface area (Å²) in [4.78, 5) is 0. The van der Waals surface area contributed by atoms with Crippen molar-refractivity contribution in [3.63, 3.8) is 0 Å². The Morgan fingerprint density at radius 3 is 2.15 bits per heavy atom. The van der Waals surface area contributed by atoms with Crippen LogP contribution in [0.15, 0.2) is 30.3 Å². The summed E-state index contributed by atoms with van der Waals surface area (Å²) in [7, 11) is 0.304. The minimum atomic E-state index is -1.52. The topological polar surface area (TPSA) is 9.23 Å². The Balaban J connectivity index is 2.85. The molecular weight excluding hydrogens is 176 g/mol. The van der Waals surface area contributed by atoms with Crippen LogP contribution in [-0.2, 0) is 4.43 Å². The maximum atomic E-state index is 5.59. The summed E-state index contributed by atoms with van der Waals surface area (Å²) in [6, 6.07) is 10.6. The molecule has 13 heavy (non-hydrogen) atoms. The minimum absolute atomic E-state index is 0.554. The Labute approximate surface area is 81.9 Å². The molecule has 0 aliphatic carbocycles. The molecule has 0 aromatic heterocycles. The lowest BCUT2D eigenvalue weighted by molar-refractivity contribution is 0.394. The van der Waals surface area contributed by atoms with Crippen molar-refractivity contribution >= 4 is 8.32 Å². The number of hydrogen-bond acceptors (Lipinski definition) is 1. The maximum Gasteiger partial charge on any atom is 0.193 e.